The van der Waals surface area contributed by atoms with Crippen molar-refractivity contribution >= 4 is 32.0 Å². The molecule has 0 saturated carbocycles. The molecule has 112 valence electrons. The van der Waals surface area contributed by atoms with Crippen LogP contribution in [0.25, 0.3) is 6.08 Å². The second kappa shape index (κ2) is 7.24. The van der Waals surface area contributed by atoms with Crippen LogP contribution in [0.5, 0.6) is 0 Å². The molecule has 1 aromatic carbocycles. The van der Waals surface area contributed by atoms with Gasteiger partial charge in [0.05, 0.1) is 0 Å². The maximum Gasteiger partial charge on any atom is 0.511 e. The number of alkyl halides is 4. The van der Waals surface area contributed by atoms with Gasteiger partial charge >= 0.3 is 15.5 Å². The standard InChI is InChI=1S/C12H13BrF3NO2S/c13-8-10-17(20(18,19)12(14,15)16)9-4-7-11-5-2-1-3-6-11/h1-7H,8-10H2/b7-4+. The van der Waals surface area contributed by atoms with E-state index in [9.17, 15) is 21.6 Å². The zero-order valence-electron chi connectivity index (χ0n) is 10.3. The second-order valence-electron chi connectivity index (χ2n) is 3.81. The molecule has 0 aliphatic carbocycles. The molecule has 0 heterocycles. The van der Waals surface area contributed by atoms with Crippen molar-refractivity contribution < 1.29 is 21.6 Å². The van der Waals surface area contributed by atoms with Crippen LogP contribution in [0, 0.1) is 0 Å². The Balaban J connectivity index is 2.82. The van der Waals surface area contributed by atoms with Crippen molar-refractivity contribution in [2.45, 2.75) is 5.51 Å². The normalized spacial score (nSPS) is 13.2. The van der Waals surface area contributed by atoms with Crippen LogP contribution < -0.4 is 0 Å². The minimum Gasteiger partial charge on any atom is -0.203 e. The van der Waals surface area contributed by atoms with E-state index in [0.29, 0.717) is 4.31 Å². The van der Waals surface area contributed by atoms with Crippen LogP contribution in [-0.4, -0.2) is 36.7 Å². The molecule has 0 radical (unpaired) electrons. The lowest BCUT2D eigenvalue weighted by atomic mass is 10.2. The van der Waals surface area contributed by atoms with E-state index in [4.69, 9.17) is 0 Å². The molecular formula is C12H13BrF3NO2S. The summed E-state index contributed by atoms with van der Waals surface area (Å²) in [4.78, 5) is 0. The van der Waals surface area contributed by atoms with E-state index in [1.807, 2.05) is 6.07 Å². The van der Waals surface area contributed by atoms with Crippen molar-refractivity contribution in [2.75, 3.05) is 18.4 Å². The van der Waals surface area contributed by atoms with Crippen molar-refractivity contribution in [3.8, 4) is 0 Å². The molecule has 0 aliphatic heterocycles. The first-order valence-corrected chi connectivity index (χ1v) is 8.19. The number of nitrogens with zero attached hydrogens (tertiary/aromatic N) is 1. The fourth-order valence-corrected chi connectivity index (χ4v) is 2.99. The third-order valence-electron chi connectivity index (χ3n) is 2.39. The Labute approximate surface area is 124 Å². The summed E-state index contributed by atoms with van der Waals surface area (Å²) in [6, 6.07) is 8.90. The molecule has 1 rings (SSSR count). The highest BCUT2D eigenvalue weighted by Gasteiger charge is 2.49. The average Bonchev–Trinajstić information content (AvgIpc) is 2.37. The summed E-state index contributed by atoms with van der Waals surface area (Å²) in [5.41, 5.74) is -4.49. The van der Waals surface area contributed by atoms with Crippen LogP contribution in [0.4, 0.5) is 13.2 Å². The SMILES string of the molecule is O=S(=O)(N(C/C=C/c1ccccc1)CCBr)C(F)(F)F. The van der Waals surface area contributed by atoms with E-state index >= 15 is 0 Å². The summed E-state index contributed by atoms with van der Waals surface area (Å²) < 4.78 is 60.5. The highest BCUT2D eigenvalue weighted by molar-refractivity contribution is 9.09. The van der Waals surface area contributed by atoms with Crippen LogP contribution in [0.3, 0.4) is 0 Å². The van der Waals surface area contributed by atoms with Crippen molar-refractivity contribution in [3.05, 3.63) is 42.0 Å². The van der Waals surface area contributed by atoms with Crippen molar-refractivity contribution in [1.29, 1.82) is 0 Å². The lowest BCUT2D eigenvalue weighted by Gasteiger charge is -2.20. The van der Waals surface area contributed by atoms with Gasteiger partial charge in [0, 0.05) is 18.4 Å². The van der Waals surface area contributed by atoms with Crippen LogP contribution >= 0.6 is 15.9 Å². The van der Waals surface area contributed by atoms with Gasteiger partial charge in [-0.2, -0.15) is 17.5 Å². The Bertz CT molecular complexity index is 544. The van der Waals surface area contributed by atoms with Gasteiger partial charge in [-0.1, -0.05) is 58.4 Å². The lowest BCUT2D eigenvalue weighted by molar-refractivity contribution is -0.0484. The molecule has 0 atom stereocenters. The first kappa shape index (κ1) is 17.2. The van der Waals surface area contributed by atoms with E-state index in [2.05, 4.69) is 15.9 Å². The smallest absolute Gasteiger partial charge is 0.203 e. The van der Waals surface area contributed by atoms with E-state index in [1.54, 1.807) is 30.3 Å². The quantitative estimate of drug-likeness (QED) is 0.719. The van der Waals surface area contributed by atoms with Crippen molar-refractivity contribution in [1.82, 2.24) is 4.31 Å². The van der Waals surface area contributed by atoms with Gasteiger partial charge in [-0.3, -0.25) is 0 Å². The molecular weight excluding hydrogens is 359 g/mol. The zero-order valence-corrected chi connectivity index (χ0v) is 12.7. The minimum absolute atomic E-state index is 0.126. The summed E-state index contributed by atoms with van der Waals surface area (Å²) >= 11 is 2.95. The van der Waals surface area contributed by atoms with E-state index < -0.39 is 15.5 Å². The third kappa shape index (κ3) is 4.60. The molecule has 0 fully saturated rings. The Morgan fingerprint density at radius 2 is 1.80 bits per heavy atom. The van der Waals surface area contributed by atoms with E-state index in [-0.39, 0.29) is 18.4 Å². The predicted molar refractivity (Wildman–Crippen MR) is 75.8 cm³/mol. The predicted octanol–water partition coefficient (Wildman–Crippen LogP) is 3.25. The largest absolute Gasteiger partial charge is 0.511 e. The van der Waals surface area contributed by atoms with Gasteiger partial charge in [0.1, 0.15) is 0 Å². The van der Waals surface area contributed by atoms with E-state index in [0.717, 1.165) is 5.56 Å². The summed E-state index contributed by atoms with van der Waals surface area (Å²) in [5, 5.41) is 0.126. The number of sulfonamides is 1. The Hall–Kier alpha value is -0.860. The number of hydrogen-bond donors (Lipinski definition) is 0. The molecule has 0 saturated heterocycles. The average molecular weight is 372 g/mol. The van der Waals surface area contributed by atoms with Gasteiger partial charge in [0.15, 0.2) is 0 Å². The number of halogens is 4. The summed E-state index contributed by atoms with van der Waals surface area (Å²) in [6.45, 7) is -0.580. The molecule has 0 aromatic heterocycles. The first-order chi connectivity index (χ1) is 9.29. The Morgan fingerprint density at radius 3 is 2.30 bits per heavy atom. The molecule has 0 aliphatic rings. The van der Waals surface area contributed by atoms with E-state index in [1.165, 1.54) is 6.08 Å². The van der Waals surface area contributed by atoms with Gasteiger partial charge in [-0.25, -0.2) is 8.42 Å². The molecule has 0 spiro atoms. The Morgan fingerprint density at radius 1 is 1.20 bits per heavy atom. The molecule has 1 aromatic rings. The van der Waals surface area contributed by atoms with Gasteiger partial charge in [-0.05, 0) is 5.56 Å². The van der Waals surface area contributed by atoms with Crippen molar-refractivity contribution in [3.63, 3.8) is 0 Å². The molecule has 0 amide bonds. The highest BCUT2D eigenvalue weighted by atomic mass is 79.9. The molecule has 0 bridgehead atoms. The fraction of sp³-hybridized carbons (Fsp3) is 0.333. The van der Waals surface area contributed by atoms with Crippen LogP contribution in [0.2, 0.25) is 0 Å². The van der Waals surface area contributed by atoms with Gasteiger partial charge in [-0.15, -0.1) is 0 Å². The van der Waals surface area contributed by atoms with Gasteiger partial charge < -0.3 is 0 Å². The molecule has 20 heavy (non-hydrogen) atoms. The summed E-state index contributed by atoms with van der Waals surface area (Å²) in [7, 11) is -5.30. The maximum absolute atomic E-state index is 12.5. The number of rotatable bonds is 6. The van der Waals surface area contributed by atoms with Crippen LogP contribution in [0.1, 0.15) is 5.56 Å². The first-order valence-electron chi connectivity index (χ1n) is 5.63. The molecule has 8 heteroatoms. The molecule has 0 N–H and O–H groups in total. The number of benzene rings is 1. The minimum atomic E-state index is -5.30. The topological polar surface area (TPSA) is 37.4 Å². The number of hydrogen-bond acceptors (Lipinski definition) is 2. The van der Waals surface area contributed by atoms with Gasteiger partial charge in [0.2, 0.25) is 0 Å². The Kier molecular flexibility index (Phi) is 6.22. The lowest BCUT2D eigenvalue weighted by Crippen LogP contribution is -2.41. The van der Waals surface area contributed by atoms with Crippen LogP contribution in [0.15, 0.2) is 36.4 Å². The second-order valence-corrected chi connectivity index (χ2v) is 6.53. The third-order valence-corrected chi connectivity index (χ3v) is 4.34. The zero-order chi connectivity index (χ0) is 15.2. The monoisotopic (exact) mass is 371 g/mol. The fourth-order valence-electron chi connectivity index (χ4n) is 1.42. The van der Waals surface area contributed by atoms with Crippen LogP contribution in [-0.2, 0) is 10.0 Å². The maximum atomic E-state index is 12.5. The van der Waals surface area contributed by atoms with Crippen molar-refractivity contribution in [2.24, 2.45) is 0 Å². The molecule has 3 nitrogen and oxygen atoms in total. The summed E-state index contributed by atoms with van der Waals surface area (Å²) in [5.74, 6) is 0. The molecule has 0 unspecified atom stereocenters. The highest BCUT2D eigenvalue weighted by Crippen LogP contribution is 2.26. The summed E-state index contributed by atoms with van der Waals surface area (Å²) in [6.07, 6.45) is 2.97. The van der Waals surface area contributed by atoms with Gasteiger partial charge in [0.25, 0.3) is 0 Å².